The molecule has 0 amide bonds. The number of pyridine rings is 1. The Morgan fingerprint density at radius 3 is 2.69 bits per heavy atom. The Kier molecular flexibility index (Phi) is 4.95. The minimum Gasteiger partial charge on any atom is -0.379 e. The number of fused-ring (bicyclic) bond motifs is 1. The Hall–Kier alpha value is -2.70. The molecule has 1 aromatic carbocycles. The Balaban J connectivity index is 1.51. The molecule has 1 aliphatic heterocycles. The van der Waals surface area contributed by atoms with Gasteiger partial charge in [-0.05, 0) is 29.1 Å². The molecule has 4 rings (SSSR count). The van der Waals surface area contributed by atoms with Gasteiger partial charge in [-0.1, -0.05) is 12.1 Å². The standard InChI is InChI=1S/C20H20N4O2/c25-20(14-24-5-7-26-8-6-24)11-19-10-18-9-15(1-2-16(18)12-21-19)17-3-4-22-23-13-17/h1-4,9-10,12-13H,5-8,11,14H2. The van der Waals surface area contributed by atoms with E-state index >= 15 is 0 Å². The van der Waals surface area contributed by atoms with Crippen molar-refractivity contribution >= 4 is 16.6 Å². The molecule has 1 fully saturated rings. The normalized spacial score (nSPS) is 15.2. The van der Waals surface area contributed by atoms with Gasteiger partial charge in [-0.25, -0.2) is 0 Å². The lowest BCUT2D eigenvalue weighted by atomic mass is 10.0. The molecule has 132 valence electrons. The molecule has 26 heavy (non-hydrogen) atoms. The van der Waals surface area contributed by atoms with E-state index in [0.717, 1.165) is 40.7 Å². The molecule has 0 saturated carbocycles. The summed E-state index contributed by atoms with van der Waals surface area (Å²) in [6.45, 7) is 3.51. The molecule has 0 bridgehead atoms. The van der Waals surface area contributed by atoms with E-state index in [1.807, 2.05) is 30.5 Å². The van der Waals surface area contributed by atoms with Gasteiger partial charge >= 0.3 is 0 Å². The van der Waals surface area contributed by atoms with Gasteiger partial charge in [0.1, 0.15) is 0 Å². The lowest BCUT2D eigenvalue weighted by Gasteiger charge is -2.25. The molecule has 0 N–H and O–H groups in total. The van der Waals surface area contributed by atoms with Gasteiger partial charge in [0.25, 0.3) is 0 Å². The second-order valence-electron chi connectivity index (χ2n) is 6.47. The largest absolute Gasteiger partial charge is 0.379 e. The zero-order chi connectivity index (χ0) is 17.8. The maximum Gasteiger partial charge on any atom is 0.152 e. The summed E-state index contributed by atoms with van der Waals surface area (Å²) in [7, 11) is 0. The van der Waals surface area contributed by atoms with Gasteiger partial charge in [-0.15, -0.1) is 0 Å². The Morgan fingerprint density at radius 1 is 1.00 bits per heavy atom. The summed E-state index contributed by atoms with van der Waals surface area (Å²) in [6, 6.07) is 10.1. The summed E-state index contributed by atoms with van der Waals surface area (Å²) in [5.41, 5.74) is 2.90. The minimum atomic E-state index is 0.188. The molecule has 0 aliphatic carbocycles. The first kappa shape index (κ1) is 16.8. The number of ketones is 1. The minimum absolute atomic E-state index is 0.188. The predicted molar refractivity (Wildman–Crippen MR) is 98.7 cm³/mol. The fraction of sp³-hybridized carbons (Fsp3) is 0.300. The van der Waals surface area contributed by atoms with Gasteiger partial charge in [0.05, 0.1) is 38.6 Å². The fourth-order valence-corrected chi connectivity index (χ4v) is 3.19. The van der Waals surface area contributed by atoms with Gasteiger partial charge in [0.15, 0.2) is 5.78 Å². The number of carbonyl (C=O) groups is 1. The van der Waals surface area contributed by atoms with E-state index < -0.39 is 0 Å². The zero-order valence-corrected chi connectivity index (χ0v) is 14.5. The fourth-order valence-electron chi connectivity index (χ4n) is 3.19. The average Bonchev–Trinajstić information content (AvgIpc) is 2.69. The molecular formula is C20H20N4O2. The van der Waals surface area contributed by atoms with Crippen molar-refractivity contribution in [2.24, 2.45) is 0 Å². The van der Waals surface area contributed by atoms with Crippen LogP contribution >= 0.6 is 0 Å². The van der Waals surface area contributed by atoms with E-state index in [1.54, 1.807) is 12.4 Å². The van der Waals surface area contributed by atoms with Crippen molar-refractivity contribution in [3.63, 3.8) is 0 Å². The van der Waals surface area contributed by atoms with Crippen LogP contribution in [0.5, 0.6) is 0 Å². The average molecular weight is 348 g/mol. The summed E-state index contributed by atoms with van der Waals surface area (Å²) >= 11 is 0. The van der Waals surface area contributed by atoms with E-state index in [-0.39, 0.29) is 5.78 Å². The van der Waals surface area contributed by atoms with E-state index in [2.05, 4.69) is 26.1 Å². The smallest absolute Gasteiger partial charge is 0.152 e. The maximum atomic E-state index is 12.4. The number of carbonyl (C=O) groups excluding carboxylic acids is 1. The third kappa shape index (κ3) is 3.92. The summed E-state index contributed by atoms with van der Waals surface area (Å²) in [5.74, 6) is 0.188. The Labute approximate surface area is 151 Å². The molecule has 0 unspecified atom stereocenters. The van der Waals surface area contributed by atoms with Gasteiger partial charge < -0.3 is 4.74 Å². The number of rotatable bonds is 5. The summed E-state index contributed by atoms with van der Waals surface area (Å²) < 4.78 is 5.32. The second kappa shape index (κ2) is 7.68. The van der Waals surface area contributed by atoms with Crippen molar-refractivity contribution in [2.45, 2.75) is 6.42 Å². The Bertz CT molecular complexity index is 908. The third-order valence-electron chi connectivity index (χ3n) is 4.58. The third-order valence-corrected chi connectivity index (χ3v) is 4.58. The molecule has 3 aromatic rings. The number of hydrogen-bond donors (Lipinski definition) is 0. The number of Topliss-reactive ketones (excluding diaryl/α,β-unsaturated/α-hetero) is 1. The second-order valence-corrected chi connectivity index (χ2v) is 6.47. The summed E-state index contributed by atoms with van der Waals surface area (Å²) in [6.07, 6.45) is 5.62. The van der Waals surface area contributed by atoms with Crippen LogP contribution in [0.4, 0.5) is 0 Å². The van der Waals surface area contributed by atoms with Crippen LogP contribution < -0.4 is 0 Å². The Morgan fingerprint density at radius 2 is 1.88 bits per heavy atom. The lowest BCUT2D eigenvalue weighted by molar-refractivity contribution is -0.120. The molecule has 1 saturated heterocycles. The van der Waals surface area contributed by atoms with Gasteiger partial charge in [0.2, 0.25) is 0 Å². The zero-order valence-electron chi connectivity index (χ0n) is 14.5. The molecular weight excluding hydrogens is 328 g/mol. The summed E-state index contributed by atoms with van der Waals surface area (Å²) in [5, 5.41) is 9.88. The molecule has 0 spiro atoms. The number of nitrogens with zero attached hydrogens (tertiary/aromatic N) is 4. The highest BCUT2D eigenvalue weighted by Gasteiger charge is 2.15. The van der Waals surface area contributed by atoms with Gasteiger partial charge in [0, 0.05) is 35.9 Å². The van der Waals surface area contributed by atoms with Crippen molar-refractivity contribution in [3.05, 3.63) is 54.6 Å². The predicted octanol–water partition coefficient (Wildman–Crippen LogP) is 2.14. The van der Waals surface area contributed by atoms with Crippen molar-refractivity contribution in [2.75, 3.05) is 32.8 Å². The van der Waals surface area contributed by atoms with Crippen LogP contribution in [-0.4, -0.2) is 58.7 Å². The van der Waals surface area contributed by atoms with Crippen LogP contribution in [-0.2, 0) is 16.0 Å². The van der Waals surface area contributed by atoms with Gasteiger partial charge in [-0.3, -0.25) is 14.7 Å². The monoisotopic (exact) mass is 348 g/mol. The quantitative estimate of drug-likeness (QED) is 0.704. The molecule has 3 heterocycles. The SMILES string of the molecule is O=C(Cc1cc2cc(-c3ccnnc3)ccc2cn1)CN1CCOCC1. The van der Waals surface area contributed by atoms with Crippen LogP contribution in [0.3, 0.4) is 0 Å². The number of ether oxygens (including phenoxy) is 1. The molecule has 6 heteroatoms. The molecule has 0 atom stereocenters. The van der Waals surface area contributed by atoms with Crippen molar-refractivity contribution in [3.8, 4) is 11.1 Å². The maximum absolute atomic E-state index is 12.4. The molecule has 6 nitrogen and oxygen atoms in total. The van der Waals surface area contributed by atoms with E-state index in [0.29, 0.717) is 26.2 Å². The highest BCUT2D eigenvalue weighted by Crippen LogP contribution is 2.23. The number of morpholine rings is 1. The number of hydrogen-bond acceptors (Lipinski definition) is 6. The molecule has 2 aromatic heterocycles. The van der Waals surface area contributed by atoms with Crippen LogP contribution in [0.25, 0.3) is 21.9 Å². The van der Waals surface area contributed by atoms with Crippen LogP contribution in [0.15, 0.2) is 48.9 Å². The van der Waals surface area contributed by atoms with E-state index in [4.69, 9.17) is 4.74 Å². The first-order chi connectivity index (χ1) is 12.8. The summed E-state index contributed by atoms with van der Waals surface area (Å²) in [4.78, 5) is 19.0. The van der Waals surface area contributed by atoms with Crippen molar-refractivity contribution < 1.29 is 9.53 Å². The van der Waals surface area contributed by atoms with Gasteiger partial charge in [-0.2, -0.15) is 10.2 Å². The topological polar surface area (TPSA) is 68.2 Å². The highest BCUT2D eigenvalue weighted by atomic mass is 16.5. The first-order valence-corrected chi connectivity index (χ1v) is 8.75. The van der Waals surface area contributed by atoms with Crippen LogP contribution in [0.2, 0.25) is 0 Å². The molecule has 1 aliphatic rings. The first-order valence-electron chi connectivity index (χ1n) is 8.75. The number of aromatic nitrogens is 3. The lowest BCUT2D eigenvalue weighted by Crippen LogP contribution is -2.39. The molecule has 0 radical (unpaired) electrons. The van der Waals surface area contributed by atoms with Crippen molar-refractivity contribution in [1.29, 1.82) is 0 Å². The van der Waals surface area contributed by atoms with Crippen molar-refractivity contribution in [1.82, 2.24) is 20.1 Å². The number of benzene rings is 1. The van der Waals surface area contributed by atoms with E-state index in [1.165, 1.54) is 0 Å². The van der Waals surface area contributed by atoms with E-state index in [9.17, 15) is 4.79 Å². The van der Waals surface area contributed by atoms with Crippen LogP contribution in [0, 0.1) is 0 Å². The van der Waals surface area contributed by atoms with Crippen LogP contribution in [0.1, 0.15) is 5.69 Å². The highest BCUT2D eigenvalue weighted by molar-refractivity contribution is 5.88.